The SMILES string of the molecule is CCCn1ncc(Cl)c1C(CCC1CCCCC1)NC. The van der Waals surface area contributed by atoms with Gasteiger partial charge < -0.3 is 5.32 Å². The highest BCUT2D eigenvalue weighted by molar-refractivity contribution is 6.31. The fourth-order valence-electron chi connectivity index (χ4n) is 3.40. The molecule has 0 bridgehead atoms. The van der Waals surface area contributed by atoms with E-state index in [0.717, 1.165) is 30.3 Å². The molecule has 0 saturated heterocycles. The maximum atomic E-state index is 6.35. The Morgan fingerprint density at radius 2 is 2.15 bits per heavy atom. The van der Waals surface area contributed by atoms with Gasteiger partial charge in [-0.05, 0) is 32.2 Å². The normalized spacial score (nSPS) is 18.4. The standard InChI is InChI=1S/C16H28ClN3/c1-3-11-20-16(14(17)12-19-20)15(18-2)10-9-13-7-5-4-6-8-13/h12-13,15,18H,3-11H2,1-2H3. The summed E-state index contributed by atoms with van der Waals surface area (Å²) < 4.78 is 2.07. The third-order valence-electron chi connectivity index (χ3n) is 4.54. The van der Waals surface area contributed by atoms with Crippen LogP contribution in [0.25, 0.3) is 0 Å². The molecule has 3 nitrogen and oxygen atoms in total. The highest BCUT2D eigenvalue weighted by atomic mass is 35.5. The molecule has 1 aliphatic carbocycles. The molecule has 1 heterocycles. The van der Waals surface area contributed by atoms with E-state index in [1.54, 1.807) is 6.20 Å². The van der Waals surface area contributed by atoms with E-state index in [1.807, 2.05) is 7.05 Å². The smallest absolute Gasteiger partial charge is 0.0834 e. The summed E-state index contributed by atoms with van der Waals surface area (Å²) in [6.45, 7) is 3.12. The van der Waals surface area contributed by atoms with Gasteiger partial charge in [0, 0.05) is 6.54 Å². The topological polar surface area (TPSA) is 29.9 Å². The second-order valence-corrected chi connectivity index (χ2v) is 6.43. The molecule has 1 N–H and O–H groups in total. The molecular weight excluding hydrogens is 270 g/mol. The van der Waals surface area contributed by atoms with Crippen molar-refractivity contribution in [2.75, 3.05) is 7.05 Å². The van der Waals surface area contributed by atoms with Crippen molar-refractivity contribution < 1.29 is 0 Å². The van der Waals surface area contributed by atoms with Crippen LogP contribution in [0.2, 0.25) is 5.02 Å². The van der Waals surface area contributed by atoms with Crippen LogP contribution in [-0.4, -0.2) is 16.8 Å². The van der Waals surface area contributed by atoms with E-state index in [0.29, 0.717) is 6.04 Å². The average molecular weight is 298 g/mol. The fourth-order valence-corrected chi connectivity index (χ4v) is 3.68. The first-order valence-corrected chi connectivity index (χ1v) is 8.52. The summed E-state index contributed by atoms with van der Waals surface area (Å²) >= 11 is 6.35. The maximum absolute atomic E-state index is 6.35. The van der Waals surface area contributed by atoms with Crippen molar-refractivity contribution in [3.63, 3.8) is 0 Å². The Morgan fingerprint density at radius 1 is 1.40 bits per heavy atom. The van der Waals surface area contributed by atoms with E-state index < -0.39 is 0 Å². The third kappa shape index (κ3) is 3.98. The molecule has 1 atom stereocenters. The molecule has 4 heteroatoms. The number of rotatable bonds is 7. The van der Waals surface area contributed by atoms with Crippen molar-refractivity contribution in [2.45, 2.75) is 70.9 Å². The van der Waals surface area contributed by atoms with Crippen LogP contribution in [0.1, 0.15) is 70.0 Å². The molecule has 1 fully saturated rings. The molecular formula is C16H28ClN3. The molecule has 2 rings (SSSR count). The van der Waals surface area contributed by atoms with Gasteiger partial charge in [-0.25, -0.2) is 0 Å². The molecule has 1 aliphatic rings. The second kappa shape index (κ2) is 8.04. The maximum Gasteiger partial charge on any atom is 0.0834 e. The molecule has 0 amide bonds. The number of aryl methyl sites for hydroxylation is 1. The number of hydrogen-bond donors (Lipinski definition) is 1. The summed E-state index contributed by atoms with van der Waals surface area (Å²) in [5.41, 5.74) is 1.17. The largest absolute Gasteiger partial charge is 0.312 e. The zero-order chi connectivity index (χ0) is 14.4. The van der Waals surface area contributed by atoms with Gasteiger partial charge in [-0.3, -0.25) is 4.68 Å². The third-order valence-corrected chi connectivity index (χ3v) is 4.83. The summed E-state index contributed by atoms with van der Waals surface area (Å²) in [5, 5.41) is 8.66. The van der Waals surface area contributed by atoms with E-state index in [9.17, 15) is 0 Å². The molecule has 0 aromatic carbocycles. The van der Waals surface area contributed by atoms with Crippen LogP contribution >= 0.6 is 11.6 Å². The molecule has 1 unspecified atom stereocenters. The van der Waals surface area contributed by atoms with Gasteiger partial charge in [0.15, 0.2) is 0 Å². The van der Waals surface area contributed by atoms with Gasteiger partial charge in [0.25, 0.3) is 0 Å². The van der Waals surface area contributed by atoms with Crippen LogP contribution < -0.4 is 5.32 Å². The van der Waals surface area contributed by atoms with Gasteiger partial charge in [-0.15, -0.1) is 0 Å². The van der Waals surface area contributed by atoms with Gasteiger partial charge >= 0.3 is 0 Å². The Labute approximate surface area is 128 Å². The lowest BCUT2D eigenvalue weighted by Gasteiger charge is -2.24. The van der Waals surface area contributed by atoms with Gasteiger partial charge in [0.05, 0.1) is 23.0 Å². The van der Waals surface area contributed by atoms with Crippen molar-refractivity contribution in [1.82, 2.24) is 15.1 Å². The lowest BCUT2D eigenvalue weighted by Crippen LogP contribution is -2.22. The predicted molar refractivity (Wildman–Crippen MR) is 85.1 cm³/mol. The minimum Gasteiger partial charge on any atom is -0.312 e. The first-order chi connectivity index (χ1) is 9.76. The summed E-state index contributed by atoms with van der Waals surface area (Å²) in [6.07, 6.45) is 12.4. The Hall–Kier alpha value is -0.540. The quantitative estimate of drug-likeness (QED) is 0.799. The number of nitrogens with one attached hydrogen (secondary N) is 1. The molecule has 1 saturated carbocycles. The van der Waals surface area contributed by atoms with E-state index in [1.165, 1.54) is 44.2 Å². The second-order valence-electron chi connectivity index (χ2n) is 6.02. The highest BCUT2D eigenvalue weighted by Crippen LogP contribution is 2.32. The van der Waals surface area contributed by atoms with E-state index in [-0.39, 0.29) is 0 Å². The Bertz CT molecular complexity index is 396. The van der Waals surface area contributed by atoms with E-state index in [2.05, 4.69) is 22.0 Å². The van der Waals surface area contributed by atoms with Crippen molar-refractivity contribution in [2.24, 2.45) is 5.92 Å². The Balaban J connectivity index is 1.98. The molecule has 20 heavy (non-hydrogen) atoms. The minimum atomic E-state index is 0.332. The predicted octanol–water partition coefficient (Wildman–Crippen LogP) is 4.57. The molecule has 1 aromatic rings. The number of hydrogen-bond acceptors (Lipinski definition) is 2. The molecule has 114 valence electrons. The van der Waals surface area contributed by atoms with Gasteiger partial charge in [0.1, 0.15) is 0 Å². The fraction of sp³-hybridized carbons (Fsp3) is 0.812. The minimum absolute atomic E-state index is 0.332. The number of halogens is 1. The molecule has 1 aromatic heterocycles. The van der Waals surface area contributed by atoms with Crippen LogP contribution in [0, 0.1) is 5.92 Å². The van der Waals surface area contributed by atoms with Gasteiger partial charge in [-0.1, -0.05) is 50.6 Å². The van der Waals surface area contributed by atoms with Crippen molar-refractivity contribution in [3.05, 3.63) is 16.9 Å². The van der Waals surface area contributed by atoms with Crippen LogP contribution in [0.3, 0.4) is 0 Å². The summed E-state index contributed by atoms with van der Waals surface area (Å²) in [7, 11) is 2.03. The first-order valence-electron chi connectivity index (χ1n) is 8.14. The summed E-state index contributed by atoms with van der Waals surface area (Å²) in [6, 6.07) is 0.332. The molecule has 0 radical (unpaired) electrons. The molecule has 0 spiro atoms. The van der Waals surface area contributed by atoms with Crippen LogP contribution in [-0.2, 0) is 6.54 Å². The van der Waals surface area contributed by atoms with Crippen molar-refractivity contribution in [3.8, 4) is 0 Å². The highest BCUT2D eigenvalue weighted by Gasteiger charge is 2.21. The zero-order valence-corrected chi connectivity index (χ0v) is 13.6. The van der Waals surface area contributed by atoms with Gasteiger partial charge in [-0.2, -0.15) is 5.10 Å². The van der Waals surface area contributed by atoms with Crippen molar-refractivity contribution in [1.29, 1.82) is 0 Å². The van der Waals surface area contributed by atoms with Crippen LogP contribution in [0.5, 0.6) is 0 Å². The Morgan fingerprint density at radius 3 is 2.80 bits per heavy atom. The Kier molecular flexibility index (Phi) is 6.37. The van der Waals surface area contributed by atoms with Crippen molar-refractivity contribution >= 4 is 11.6 Å². The zero-order valence-electron chi connectivity index (χ0n) is 12.9. The average Bonchev–Trinajstić information content (AvgIpc) is 2.83. The van der Waals surface area contributed by atoms with Gasteiger partial charge in [0.2, 0.25) is 0 Å². The lowest BCUT2D eigenvalue weighted by molar-refractivity contribution is 0.313. The summed E-state index contributed by atoms with van der Waals surface area (Å²) in [4.78, 5) is 0. The van der Waals surface area contributed by atoms with Crippen LogP contribution in [0.15, 0.2) is 6.20 Å². The van der Waals surface area contributed by atoms with E-state index in [4.69, 9.17) is 11.6 Å². The van der Waals surface area contributed by atoms with Crippen LogP contribution in [0.4, 0.5) is 0 Å². The number of nitrogens with zero attached hydrogens (tertiary/aromatic N) is 2. The number of aromatic nitrogens is 2. The summed E-state index contributed by atoms with van der Waals surface area (Å²) in [5.74, 6) is 0.918. The first kappa shape index (κ1) is 15.8. The lowest BCUT2D eigenvalue weighted by atomic mass is 9.85. The molecule has 0 aliphatic heterocycles. The monoisotopic (exact) mass is 297 g/mol. The van der Waals surface area contributed by atoms with E-state index >= 15 is 0 Å².